The van der Waals surface area contributed by atoms with Gasteiger partial charge in [-0.25, -0.2) is 23.1 Å². The van der Waals surface area contributed by atoms with E-state index in [1.807, 2.05) is 0 Å². The molecule has 3 aromatic rings. The minimum absolute atomic E-state index is 0.0496. The van der Waals surface area contributed by atoms with Crippen molar-refractivity contribution < 1.29 is 13.2 Å². The van der Waals surface area contributed by atoms with Crippen molar-refractivity contribution in [2.45, 2.75) is 18.5 Å². The number of alkyl halides is 1. The lowest BCUT2D eigenvalue weighted by Crippen LogP contribution is -2.46. The minimum atomic E-state index is -1.40. The van der Waals surface area contributed by atoms with Crippen LogP contribution in [0.2, 0.25) is 0 Å². The monoisotopic (exact) mass is 373 g/mol. The number of pyridine rings is 1. The molecule has 2 N–H and O–H groups in total. The molecule has 1 aliphatic rings. The summed E-state index contributed by atoms with van der Waals surface area (Å²) >= 11 is 0. The van der Waals surface area contributed by atoms with Crippen LogP contribution in [0.5, 0.6) is 0 Å². The number of piperidine rings is 1. The average molecular weight is 373 g/mol. The Kier molecular flexibility index (Phi) is 4.65. The van der Waals surface area contributed by atoms with E-state index >= 15 is 0 Å². The lowest BCUT2D eigenvalue weighted by atomic mass is 9.96. The molecule has 0 bridgehead atoms. The highest BCUT2D eigenvalue weighted by Crippen LogP contribution is 2.29. The van der Waals surface area contributed by atoms with Gasteiger partial charge in [0.25, 0.3) is 0 Å². The average Bonchev–Trinajstić information content (AvgIpc) is 2.66. The molecule has 2 aromatic heterocycles. The van der Waals surface area contributed by atoms with E-state index in [0.717, 1.165) is 25.1 Å². The van der Waals surface area contributed by atoms with Gasteiger partial charge in [-0.15, -0.1) is 0 Å². The van der Waals surface area contributed by atoms with Crippen LogP contribution in [0, 0.1) is 11.6 Å². The number of benzene rings is 1. The molecule has 1 atom stereocenters. The first-order chi connectivity index (χ1) is 13.0. The summed E-state index contributed by atoms with van der Waals surface area (Å²) in [5.74, 6) is -1.07. The maximum absolute atomic E-state index is 14.9. The van der Waals surface area contributed by atoms with E-state index in [0.29, 0.717) is 23.3 Å². The molecule has 0 spiro atoms. The van der Waals surface area contributed by atoms with Crippen LogP contribution in [0.1, 0.15) is 12.8 Å². The normalized spacial score (nSPS) is 20.0. The number of anilines is 1. The first-order valence-corrected chi connectivity index (χ1v) is 8.75. The second kappa shape index (κ2) is 7.11. The zero-order chi connectivity index (χ0) is 18.9. The van der Waals surface area contributed by atoms with Crippen LogP contribution in [-0.4, -0.2) is 40.3 Å². The lowest BCUT2D eigenvalue weighted by Gasteiger charge is -2.30. The van der Waals surface area contributed by atoms with Crippen molar-refractivity contribution in [3.63, 3.8) is 0 Å². The summed E-state index contributed by atoms with van der Waals surface area (Å²) in [5, 5.41) is 6.06. The Hall–Kier alpha value is -2.74. The number of aromatic nitrogens is 3. The predicted molar refractivity (Wildman–Crippen MR) is 97.1 cm³/mol. The van der Waals surface area contributed by atoms with E-state index in [-0.39, 0.29) is 24.3 Å². The standard InChI is InChI=1S/C19H18F3N5/c20-12-2-3-13(14(21)8-12)15-9-16-17(25-7-6-24-16)18(27-15)26-11-19(22)4-1-5-23-10-19/h2-3,6-9,23H,1,4-5,10-11H2,(H,26,27). The molecule has 3 heterocycles. The molecule has 4 rings (SSSR count). The summed E-state index contributed by atoms with van der Waals surface area (Å²) in [5.41, 5.74) is -0.0236. The molecule has 0 aliphatic carbocycles. The van der Waals surface area contributed by atoms with E-state index in [9.17, 15) is 13.2 Å². The Morgan fingerprint density at radius 3 is 2.78 bits per heavy atom. The van der Waals surface area contributed by atoms with Gasteiger partial charge in [-0.05, 0) is 37.6 Å². The van der Waals surface area contributed by atoms with E-state index < -0.39 is 17.3 Å². The summed E-state index contributed by atoms with van der Waals surface area (Å²) < 4.78 is 42.3. The number of hydrogen-bond donors (Lipinski definition) is 2. The van der Waals surface area contributed by atoms with Gasteiger partial charge in [0.15, 0.2) is 5.82 Å². The number of rotatable bonds is 4. The molecule has 1 unspecified atom stereocenters. The molecule has 1 aliphatic heterocycles. The molecule has 1 saturated heterocycles. The Morgan fingerprint density at radius 1 is 1.15 bits per heavy atom. The van der Waals surface area contributed by atoms with Crippen molar-refractivity contribution in [3.05, 3.63) is 48.3 Å². The third-order valence-corrected chi connectivity index (χ3v) is 4.66. The van der Waals surface area contributed by atoms with E-state index in [4.69, 9.17) is 0 Å². The number of hydrogen-bond acceptors (Lipinski definition) is 5. The fourth-order valence-electron chi connectivity index (χ4n) is 3.25. The number of fused-ring (bicyclic) bond motifs is 1. The second-order valence-electron chi connectivity index (χ2n) is 6.69. The maximum Gasteiger partial charge on any atom is 0.155 e. The first kappa shape index (κ1) is 17.7. The van der Waals surface area contributed by atoms with Crippen LogP contribution in [0.25, 0.3) is 22.3 Å². The minimum Gasteiger partial charge on any atom is -0.365 e. The highest BCUT2D eigenvalue weighted by molar-refractivity contribution is 5.88. The van der Waals surface area contributed by atoms with Crippen molar-refractivity contribution in [2.24, 2.45) is 0 Å². The third-order valence-electron chi connectivity index (χ3n) is 4.66. The van der Waals surface area contributed by atoms with Crippen LogP contribution < -0.4 is 10.6 Å². The van der Waals surface area contributed by atoms with Gasteiger partial charge in [0, 0.05) is 30.6 Å². The van der Waals surface area contributed by atoms with Crippen LogP contribution in [0.4, 0.5) is 19.0 Å². The molecule has 1 fully saturated rings. The number of nitrogens with one attached hydrogen (secondary N) is 2. The molecule has 0 radical (unpaired) electrons. The summed E-state index contributed by atoms with van der Waals surface area (Å²) in [6.45, 7) is 1.11. The summed E-state index contributed by atoms with van der Waals surface area (Å²) in [4.78, 5) is 12.9. The van der Waals surface area contributed by atoms with Gasteiger partial charge in [0.1, 0.15) is 22.8 Å². The Morgan fingerprint density at radius 2 is 2.00 bits per heavy atom. The van der Waals surface area contributed by atoms with Gasteiger partial charge < -0.3 is 10.6 Å². The van der Waals surface area contributed by atoms with Gasteiger partial charge in [0.2, 0.25) is 0 Å². The van der Waals surface area contributed by atoms with Crippen molar-refractivity contribution in [1.82, 2.24) is 20.3 Å². The van der Waals surface area contributed by atoms with Crippen LogP contribution in [-0.2, 0) is 0 Å². The maximum atomic E-state index is 14.9. The van der Waals surface area contributed by atoms with E-state index in [2.05, 4.69) is 25.6 Å². The fourth-order valence-corrected chi connectivity index (χ4v) is 3.25. The molecule has 8 heteroatoms. The first-order valence-electron chi connectivity index (χ1n) is 8.75. The Balaban J connectivity index is 1.72. The quantitative estimate of drug-likeness (QED) is 0.733. The topological polar surface area (TPSA) is 62.7 Å². The highest BCUT2D eigenvalue weighted by Gasteiger charge is 2.31. The molecule has 1 aromatic carbocycles. The fraction of sp³-hybridized carbons (Fsp3) is 0.316. The van der Waals surface area contributed by atoms with Gasteiger partial charge in [-0.2, -0.15) is 0 Å². The largest absolute Gasteiger partial charge is 0.365 e. The summed E-state index contributed by atoms with van der Waals surface area (Å²) in [6.07, 6.45) is 4.23. The molecule has 0 amide bonds. The highest BCUT2D eigenvalue weighted by atomic mass is 19.1. The second-order valence-corrected chi connectivity index (χ2v) is 6.69. The van der Waals surface area contributed by atoms with Crippen molar-refractivity contribution in [2.75, 3.05) is 25.0 Å². The predicted octanol–water partition coefficient (Wildman–Crippen LogP) is 3.47. The summed E-state index contributed by atoms with van der Waals surface area (Å²) in [7, 11) is 0. The molecule has 140 valence electrons. The van der Waals surface area contributed by atoms with E-state index in [1.165, 1.54) is 18.5 Å². The van der Waals surface area contributed by atoms with Gasteiger partial charge in [-0.3, -0.25) is 4.98 Å². The van der Waals surface area contributed by atoms with Gasteiger partial charge in [0.05, 0.1) is 17.8 Å². The smallest absolute Gasteiger partial charge is 0.155 e. The number of nitrogens with zero attached hydrogens (tertiary/aromatic N) is 3. The zero-order valence-corrected chi connectivity index (χ0v) is 14.5. The Bertz CT molecular complexity index is 973. The molecular weight excluding hydrogens is 355 g/mol. The third kappa shape index (κ3) is 3.71. The van der Waals surface area contributed by atoms with Gasteiger partial charge >= 0.3 is 0 Å². The molecular formula is C19H18F3N5. The van der Waals surface area contributed by atoms with Gasteiger partial charge in [-0.1, -0.05) is 0 Å². The number of halogens is 3. The van der Waals surface area contributed by atoms with Crippen LogP contribution in [0.15, 0.2) is 36.7 Å². The molecule has 27 heavy (non-hydrogen) atoms. The molecule has 0 saturated carbocycles. The molecule has 5 nitrogen and oxygen atoms in total. The summed E-state index contributed by atoms with van der Waals surface area (Å²) in [6, 6.07) is 4.87. The SMILES string of the molecule is Fc1ccc(-c2cc3nccnc3c(NCC3(F)CCCNC3)n2)c(F)c1. The van der Waals surface area contributed by atoms with Crippen molar-refractivity contribution in [1.29, 1.82) is 0 Å². The van der Waals surface area contributed by atoms with Crippen molar-refractivity contribution in [3.8, 4) is 11.3 Å². The van der Waals surface area contributed by atoms with E-state index in [1.54, 1.807) is 6.07 Å². The zero-order valence-electron chi connectivity index (χ0n) is 14.5. The van der Waals surface area contributed by atoms with Crippen molar-refractivity contribution >= 4 is 16.9 Å². The lowest BCUT2D eigenvalue weighted by molar-refractivity contribution is 0.137. The Labute approximate surface area is 154 Å². The van der Waals surface area contributed by atoms with Crippen LogP contribution >= 0.6 is 0 Å². The van der Waals surface area contributed by atoms with Crippen LogP contribution in [0.3, 0.4) is 0 Å².